The first-order chi connectivity index (χ1) is 7.90. The third-order valence-electron chi connectivity index (χ3n) is 2.97. The van der Waals surface area contributed by atoms with Gasteiger partial charge < -0.3 is 4.90 Å². The van der Waals surface area contributed by atoms with E-state index in [0.717, 1.165) is 17.7 Å². The third-order valence-corrected chi connectivity index (χ3v) is 2.97. The molecule has 0 radical (unpaired) electrons. The molecule has 1 amide bonds. The molecule has 0 atom stereocenters. The van der Waals surface area contributed by atoms with Crippen LogP contribution in [-0.2, 0) is 4.79 Å². The minimum Gasteiger partial charge on any atom is -0.311 e. The molecule has 2 nitrogen and oxygen atoms in total. The number of amides is 1. The van der Waals surface area contributed by atoms with Gasteiger partial charge in [0.1, 0.15) is 0 Å². The number of fused-ring (bicyclic) bond motifs is 3. The van der Waals surface area contributed by atoms with Crippen LogP contribution in [0.3, 0.4) is 0 Å². The molecular formula is C14H11NO. The second-order valence-electron chi connectivity index (χ2n) is 3.88. The number of nitrogens with zero attached hydrogens (tertiary/aromatic N) is 1. The van der Waals surface area contributed by atoms with Crippen LogP contribution in [0.1, 0.15) is 5.56 Å². The first-order valence-corrected chi connectivity index (χ1v) is 5.30. The molecule has 0 saturated heterocycles. The van der Waals surface area contributed by atoms with Crippen molar-refractivity contribution >= 4 is 28.9 Å². The molecule has 78 valence electrons. The van der Waals surface area contributed by atoms with Crippen molar-refractivity contribution in [3.05, 3.63) is 48.0 Å². The zero-order valence-electron chi connectivity index (χ0n) is 8.76. The van der Waals surface area contributed by atoms with Gasteiger partial charge in [-0.1, -0.05) is 42.5 Å². The Balaban J connectivity index is 2.35. The molecule has 0 bridgehead atoms. The van der Waals surface area contributed by atoms with Crippen LogP contribution in [0.5, 0.6) is 0 Å². The lowest BCUT2D eigenvalue weighted by molar-refractivity contribution is -0.107. The molecular weight excluding hydrogens is 198 g/mol. The zero-order valence-corrected chi connectivity index (χ0v) is 8.76. The monoisotopic (exact) mass is 209 g/mol. The van der Waals surface area contributed by atoms with Gasteiger partial charge in [-0.25, -0.2) is 0 Å². The van der Waals surface area contributed by atoms with E-state index in [0.29, 0.717) is 6.54 Å². The van der Waals surface area contributed by atoms with E-state index in [1.54, 1.807) is 4.90 Å². The number of carbonyl (C=O) groups is 1. The van der Waals surface area contributed by atoms with Gasteiger partial charge >= 0.3 is 0 Å². The minimum atomic E-state index is 0.662. The first kappa shape index (κ1) is 9.16. The van der Waals surface area contributed by atoms with Crippen molar-refractivity contribution in [1.29, 1.82) is 0 Å². The molecule has 2 heteroatoms. The standard InChI is InChI=1S/C14H11NO/c16-10-15-9-3-6-13-12-5-2-1-4-11(12)7-8-14(13)15/h1-8,10H,9H2. The van der Waals surface area contributed by atoms with Gasteiger partial charge in [0.15, 0.2) is 0 Å². The van der Waals surface area contributed by atoms with Crippen LogP contribution >= 0.6 is 0 Å². The highest BCUT2D eigenvalue weighted by Gasteiger charge is 2.13. The van der Waals surface area contributed by atoms with E-state index in [1.807, 2.05) is 24.3 Å². The van der Waals surface area contributed by atoms with Gasteiger partial charge in [-0.15, -0.1) is 0 Å². The van der Waals surface area contributed by atoms with Crippen molar-refractivity contribution in [1.82, 2.24) is 0 Å². The Morgan fingerprint density at radius 1 is 1.12 bits per heavy atom. The fourth-order valence-electron chi connectivity index (χ4n) is 2.19. The number of benzene rings is 2. The quantitative estimate of drug-likeness (QED) is 0.661. The minimum absolute atomic E-state index is 0.662. The van der Waals surface area contributed by atoms with Gasteiger partial charge in [-0.3, -0.25) is 4.79 Å². The normalized spacial score (nSPS) is 13.9. The summed E-state index contributed by atoms with van der Waals surface area (Å²) < 4.78 is 0. The Morgan fingerprint density at radius 2 is 2.00 bits per heavy atom. The highest BCUT2D eigenvalue weighted by atomic mass is 16.1. The molecule has 0 saturated carbocycles. The van der Waals surface area contributed by atoms with Gasteiger partial charge in [0, 0.05) is 12.1 Å². The zero-order chi connectivity index (χ0) is 11.0. The van der Waals surface area contributed by atoms with Crippen molar-refractivity contribution in [2.45, 2.75) is 0 Å². The summed E-state index contributed by atoms with van der Waals surface area (Å²) in [5.41, 5.74) is 2.13. The smallest absolute Gasteiger partial charge is 0.214 e. The molecule has 0 aliphatic carbocycles. The van der Waals surface area contributed by atoms with Crippen LogP contribution in [0.15, 0.2) is 42.5 Å². The summed E-state index contributed by atoms with van der Waals surface area (Å²) in [7, 11) is 0. The van der Waals surface area contributed by atoms with Crippen molar-refractivity contribution in [2.24, 2.45) is 0 Å². The number of rotatable bonds is 1. The lowest BCUT2D eigenvalue weighted by Gasteiger charge is -2.23. The van der Waals surface area contributed by atoms with E-state index in [4.69, 9.17) is 0 Å². The van der Waals surface area contributed by atoms with Crippen LogP contribution in [0.2, 0.25) is 0 Å². The van der Waals surface area contributed by atoms with Gasteiger partial charge in [0.2, 0.25) is 6.41 Å². The van der Waals surface area contributed by atoms with Gasteiger partial charge in [0.25, 0.3) is 0 Å². The number of anilines is 1. The summed E-state index contributed by atoms with van der Waals surface area (Å²) in [6, 6.07) is 12.3. The Kier molecular flexibility index (Phi) is 2.00. The Morgan fingerprint density at radius 3 is 2.88 bits per heavy atom. The topological polar surface area (TPSA) is 20.3 Å². The molecule has 2 aromatic rings. The van der Waals surface area contributed by atoms with E-state index in [1.165, 1.54) is 10.8 Å². The molecule has 0 N–H and O–H groups in total. The second-order valence-corrected chi connectivity index (χ2v) is 3.88. The molecule has 0 aromatic heterocycles. The SMILES string of the molecule is O=CN1CC=Cc2c1ccc1ccccc21. The molecule has 1 aliphatic rings. The average Bonchev–Trinajstić information content (AvgIpc) is 2.37. The number of hydrogen-bond donors (Lipinski definition) is 0. The highest BCUT2D eigenvalue weighted by Crippen LogP contribution is 2.31. The van der Waals surface area contributed by atoms with Gasteiger partial charge in [-0.2, -0.15) is 0 Å². The van der Waals surface area contributed by atoms with Gasteiger partial charge in [0.05, 0.1) is 5.69 Å². The Labute approximate surface area is 93.8 Å². The van der Waals surface area contributed by atoms with E-state index in [-0.39, 0.29) is 0 Å². The van der Waals surface area contributed by atoms with Crippen LogP contribution in [0, 0.1) is 0 Å². The molecule has 2 aromatic carbocycles. The van der Waals surface area contributed by atoms with Crippen LogP contribution < -0.4 is 4.90 Å². The van der Waals surface area contributed by atoms with Crippen molar-refractivity contribution < 1.29 is 4.79 Å². The average molecular weight is 209 g/mol. The predicted molar refractivity (Wildman–Crippen MR) is 66.4 cm³/mol. The Bertz CT molecular complexity index is 586. The maximum atomic E-state index is 11.0. The highest BCUT2D eigenvalue weighted by molar-refractivity contribution is 5.99. The lowest BCUT2D eigenvalue weighted by Crippen LogP contribution is -2.23. The van der Waals surface area contributed by atoms with E-state index in [2.05, 4.69) is 24.3 Å². The summed E-state index contributed by atoms with van der Waals surface area (Å²) in [4.78, 5) is 12.7. The van der Waals surface area contributed by atoms with Crippen molar-refractivity contribution in [2.75, 3.05) is 11.4 Å². The molecule has 0 spiro atoms. The second kappa shape index (κ2) is 3.49. The van der Waals surface area contributed by atoms with Crippen LogP contribution in [0.25, 0.3) is 16.8 Å². The van der Waals surface area contributed by atoms with Gasteiger partial charge in [-0.05, 0) is 16.8 Å². The number of hydrogen-bond acceptors (Lipinski definition) is 1. The first-order valence-electron chi connectivity index (χ1n) is 5.30. The number of carbonyl (C=O) groups excluding carboxylic acids is 1. The van der Waals surface area contributed by atoms with Crippen LogP contribution in [0.4, 0.5) is 5.69 Å². The van der Waals surface area contributed by atoms with E-state index < -0.39 is 0 Å². The Hall–Kier alpha value is -2.09. The van der Waals surface area contributed by atoms with Crippen molar-refractivity contribution in [3.8, 4) is 0 Å². The summed E-state index contributed by atoms with van der Waals surface area (Å²) >= 11 is 0. The predicted octanol–water partition coefficient (Wildman–Crippen LogP) is 2.83. The molecule has 1 aliphatic heterocycles. The summed E-state index contributed by atoms with van der Waals surface area (Å²) in [6.07, 6.45) is 5.00. The van der Waals surface area contributed by atoms with E-state index >= 15 is 0 Å². The molecule has 1 heterocycles. The fourth-order valence-corrected chi connectivity index (χ4v) is 2.19. The molecule has 0 unspecified atom stereocenters. The molecule has 3 rings (SSSR count). The van der Waals surface area contributed by atoms with Crippen LogP contribution in [-0.4, -0.2) is 13.0 Å². The van der Waals surface area contributed by atoms with E-state index in [9.17, 15) is 4.79 Å². The summed E-state index contributed by atoms with van der Waals surface area (Å²) in [5.74, 6) is 0. The summed E-state index contributed by atoms with van der Waals surface area (Å²) in [6.45, 7) is 0.662. The third kappa shape index (κ3) is 1.23. The summed E-state index contributed by atoms with van der Waals surface area (Å²) in [5, 5.41) is 2.40. The maximum absolute atomic E-state index is 11.0. The fraction of sp³-hybridized carbons (Fsp3) is 0.0714. The lowest BCUT2D eigenvalue weighted by atomic mass is 10.00. The van der Waals surface area contributed by atoms with Crippen molar-refractivity contribution in [3.63, 3.8) is 0 Å². The maximum Gasteiger partial charge on any atom is 0.214 e. The molecule has 16 heavy (non-hydrogen) atoms. The molecule has 0 fully saturated rings. The largest absolute Gasteiger partial charge is 0.311 e.